The lowest BCUT2D eigenvalue weighted by atomic mass is 10.1. The normalized spacial score (nSPS) is 11.8. The molecule has 0 aliphatic carbocycles. The Bertz CT molecular complexity index is 436. The first kappa shape index (κ1) is 18.3. The zero-order valence-electron chi connectivity index (χ0n) is 13.9. The molecule has 0 spiro atoms. The second kappa shape index (κ2) is 10.1. The van der Waals surface area contributed by atoms with E-state index in [9.17, 15) is 4.79 Å². The fourth-order valence-corrected chi connectivity index (χ4v) is 2.01. The molecule has 1 rings (SSSR count). The summed E-state index contributed by atoms with van der Waals surface area (Å²) in [6, 6.07) is 4.86. The summed E-state index contributed by atoms with van der Waals surface area (Å²) in [5.41, 5.74) is 0.328. The lowest BCUT2D eigenvalue weighted by Crippen LogP contribution is -2.14. The first-order valence-corrected chi connectivity index (χ1v) is 7.71. The second-order valence-corrected chi connectivity index (χ2v) is 5.23. The van der Waals surface area contributed by atoms with Gasteiger partial charge in [0.1, 0.15) is 17.6 Å². The van der Waals surface area contributed by atoms with Gasteiger partial charge in [-0.05, 0) is 25.5 Å². The van der Waals surface area contributed by atoms with Crippen molar-refractivity contribution in [2.75, 3.05) is 14.2 Å². The molecule has 0 bridgehead atoms. The van der Waals surface area contributed by atoms with Crippen molar-refractivity contribution in [3.8, 4) is 11.5 Å². The smallest absolute Gasteiger partial charge is 0.373 e. The number of unbranched alkanes of at least 4 members (excludes halogenated alkanes) is 3. The molecule has 0 heterocycles. The highest BCUT2D eigenvalue weighted by atomic mass is 17.2. The van der Waals surface area contributed by atoms with E-state index < -0.39 is 5.97 Å². The lowest BCUT2D eigenvalue weighted by Gasteiger charge is -2.12. The Hall–Kier alpha value is -1.75. The molecule has 0 amide bonds. The van der Waals surface area contributed by atoms with Crippen molar-refractivity contribution in [3.05, 3.63) is 23.8 Å². The minimum absolute atomic E-state index is 0.117. The molecule has 0 aliphatic rings. The van der Waals surface area contributed by atoms with Gasteiger partial charge < -0.3 is 9.47 Å². The van der Waals surface area contributed by atoms with Crippen molar-refractivity contribution < 1.29 is 24.0 Å². The minimum Gasteiger partial charge on any atom is -0.497 e. The third-order valence-electron chi connectivity index (χ3n) is 3.34. The van der Waals surface area contributed by atoms with Crippen LogP contribution in [0.25, 0.3) is 0 Å². The number of carbonyl (C=O) groups is 1. The van der Waals surface area contributed by atoms with Gasteiger partial charge in [-0.3, -0.25) is 4.89 Å². The maximum Gasteiger partial charge on any atom is 0.373 e. The van der Waals surface area contributed by atoms with Crippen LogP contribution in [0.3, 0.4) is 0 Å². The number of carbonyl (C=O) groups excluding carboxylic acids is 1. The molecule has 0 radical (unpaired) electrons. The van der Waals surface area contributed by atoms with Gasteiger partial charge in [0.2, 0.25) is 0 Å². The van der Waals surface area contributed by atoms with Crippen LogP contribution in [0.1, 0.15) is 56.3 Å². The summed E-state index contributed by atoms with van der Waals surface area (Å²) in [5.74, 6) is 0.496. The van der Waals surface area contributed by atoms with Gasteiger partial charge in [0.15, 0.2) is 0 Å². The topological polar surface area (TPSA) is 54.0 Å². The number of ether oxygens (including phenoxy) is 2. The maximum absolute atomic E-state index is 12.0. The molecule has 22 heavy (non-hydrogen) atoms. The summed E-state index contributed by atoms with van der Waals surface area (Å²) < 4.78 is 10.2. The van der Waals surface area contributed by atoms with Crippen LogP contribution in [0.2, 0.25) is 0 Å². The molecule has 0 fully saturated rings. The second-order valence-electron chi connectivity index (χ2n) is 5.23. The van der Waals surface area contributed by atoms with Crippen LogP contribution in [-0.4, -0.2) is 26.3 Å². The molecule has 1 unspecified atom stereocenters. The van der Waals surface area contributed by atoms with Gasteiger partial charge in [0.05, 0.1) is 19.8 Å². The predicted octanol–water partition coefficient (Wildman–Crippen LogP) is 4.15. The van der Waals surface area contributed by atoms with Gasteiger partial charge in [0, 0.05) is 6.07 Å². The largest absolute Gasteiger partial charge is 0.497 e. The highest BCUT2D eigenvalue weighted by molar-refractivity contribution is 5.90. The SMILES string of the molecule is CCCCCCC(C)OOC(=O)c1cc(OC)cc(OC)c1. The fourth-order valence-electron chi connectivity index (χ4n) is 2.01. The van der Waals surface area contributed by atoms with Gasteiger partial charge in [-0.2, -0.15) is 4.89 Å². The summed E-state index contributed by atoms with van der Waals surface area (Å²) in [7, 11) is 3.05. The van der Waals surface area contributed by atoms with E-state index in [1.807, 2.05) is 6.92 Å². The lowest BCUT2D eigenvalue weighted by molar-refractivity contribution is -0.271. The molecule has 0 aromatic heterocycles. The van der Waals surface area contributed by atoms with E-state index in [-0.39, 0.29) is 6.10 Å². The molecule has 124 valence electrons. The highest BCUT2D eigenvalue weighted by Crippen LogP contribution is 2.23. The molecule has 5 heteroatoms. The molecular formula is C17H26O5. The average Bonchev–Trinajstić information content (AvgIpc) is 2.55. The first-order chi connectivity index (χ1) is 10.6. The van der Waals surface area contributed by atoms with Gasteiger partial charge >= 0.3 is 5.97 Å². The molecule has 0 saturated heterocycles. The quantitative estimate of drug-likeness (QED) is 0.369. The van der Waals surface area contributed by atoms with Gasteiger partial charge in [-0.25, -0.2) is 4.79 Å². The van der Waals surface area contributed by atoms with E-state index in [4.69, 9.17) is 19.2 Å². The van der Waals surface area contributed by atoms with E-state index in [0.717, 1.165) is 12.8 Å². The van der Waals surface area contributed by atoms with E-state index in [0.29, 0.717) is 17.1 Å². The summed E-state index contributed by atoms with van der Waals surface area (Å²) >= 11 is 0. The maximum atomic E-state index is 12.0. The van der Waals surface area contributed by atoms with Crippen LogP contribution < -0.4 is 9.47 Å². The van der Waals surface area contributed by atoms with Gasteiger partial charge in [-0.15, -0.1) is 0 Å². The Morgan fingerprint density at radius 2 is 1.68 bits per heavy atom. The van der Waals surface area contributed by atoms with E-state index >= 15 is 0 Å². The Balaban J connectivity index is 2.47. The van der Waals surface area contributed by atoms with Crippen LogP contribution in [0.5, 0.6) is 11.5 Å². The molecular weight excluding hydrogens is 284 g/mol. The first-order valence-electron chi connectivity index (χ1n) is 7.71. The van der Waals surface area contributed by atoms with Crippen molar-refractivity contribution in [1.82, 2.24) is 0 Å². The zero-order chi connectivity index (χ0) is 16.4. The van der Waals surface area contributed by atoms with E-state index in [1.165, 1.54) is 33.5 Å². The van der Waals surface area contributed by atoms with Crippen LogP contribution in [0.4, 0.5) is 0 Å². The molecule has 0 N–H and O–H groups in total. The molecule has 5 nitrogen and oxygen atoms in total. The third-order valence-corrected chi connectivity index (χ3v) is 3.34. The summed E-state index contributed by atoms with van der Waals surface area (Å²) in [6.07, 6.45) is 5.41. The molecule has 0 aliphatic heterocycles. The fraction of sp³-hybridized carbons (Fsp3) is 0.588. The van der Waals surface area contributed by atoms with Crippen molar-refractivity contribution in [1.29, 1.82) is 0 Å². The number of rotatable bonds is 10. The third kappa shape index (κ3) is 6.35. The standard InChI is InChI=1S/C17H26O5/c1-5-6-7-8-9-13(2)21-22-17(18)14-10-15(19-3)12-16(11-14)20-4/h10-13H,5-9H2,1-4H3. The van der Waals surface area contributed by atoms with Crippen molar-refractivity contribution in [2.45, 2.75) is 52.1 Å². The van der Waals surface area contributed by atoms with Crippen LogP contribution in [-0.2, 0) is 9.78 Å². The molecule has 1 atom stereocenters. The average molecular weight is 310 g/mol. The van der Waals surface area contributed by atoms with Crippen molar-refractivity contribution in [2.24, 2.45) is 0 Å². The Labute approximate surface area is 132 Å². The monoisotopic (exact) mass is 310 g/mol. The van der Waals surface area contributed by atoms with Crippen molar-refractivity contribution in [3.63, 3.8) is 0 Å². The Morgan fingerprint density at radius 3 is 2.23 bits per heavy atom. The number of hydrogen-bond donors (Lipinski definition) is 0. The minimum atomic E-state index is -0.558. The summed E-state index contributed by atoms with van der Waals surface area (Å²) in [4.78, 5) is 22.1. The zero-order valence-corrected chi connectivity index (χ0v) is 13.9. The Kier molecular flexibility index (Phi) is 8.36. The van der Waals surface area contributed by atoms with Crippen LogP contribution in [0, 0.1) is 0 Å². The highest BCUT2D eigenvalue weighted by Gasteiger charge is 2.14. The van der Waals surface area contributed by atoms with E-state index in [2.05, 4.69) is 6.92 Å². The van der Waals surface area contributed by atoms with Gasteiger partial charge in [-0.1, -0.05) is 32.6 Å². The Morgan fingerprint density at radius 1 is 1.05 bits per heavy atom. The number of hydrogen-bond acceptors (Lipinski definition) is 5. The van der Waals surface area contributed by atoms with Gasteiger partial charge in [0.25, 0.3) is 0 Å². The number of benzene rings is 1. The van der Waals surface area contributed by atoms with Crippen LogP contribution in [0.15, 0.2) is 18.2 Å². The molecule has 1 aromatic rings. The summed E-state index contributed by atoms with van der Waals surface area (Å²) in [5, 5.41) is 0. The summed E-state index contributed by atoms with van der Waals surface area (Å²) in [6.45, 7) is 4.06. The molecule has 0 saturated carbocycles. The van der Waals surface area contributed by atoms with Crippen LogP contribution >= 0.6 is 0 Å². The van der Waals surface area contributed by atoms with Crippen molar-refractivity contribution >= 4 is 5.97 Å². The van der Waals surface area contributed by atoms with E-state index in [1.54, 1.807) is 18.2 Å². The number of methoxy groups -OCH3 is 2. The predicted molar refractivity (Wildman–Crippen MR) is 84.3 cm³/mol. The molecule has 1 aromatic carbocycles.